The van der Waals surface area contributed by atoms with Crippen molar-refractivity contribution in [2.45, 2.75) is 20.8 Å². The molecule has 0 aromatic carbocycles. The third-order valence-corrected chi connectivity index (χ3v) is 1.42. The van der Waals surface area contributed by atoms with Crippen molar-refractivity contribution in [3.05, 3.63) is 11.4 Å². The Labute approximate surface area is 65.0 Å². The molecule has 2 N–H and O–H groups in total. The molecule has 11 heavy (non-hydrogen) atoms. The van der Waals surface area contributed by atoms with Gasteiger partial charge >= 0.3 is 0 Å². The van der Waals surface area contributed by atoms with E-state index in [1.807, 2.05) is 13.8 Å². The number of aromatic nitrogens is 2. The van der Waals surface area contributed by atoms with Gasteiger partial charge in [-0.25, -0.2) is 4.98 Å². The van der Waals surface area contributed by atoms with E-state index in [-0.39, 0.29) is 5.91 Å². The number of amides is 1. The lowest BCUT2D eigenvalue weighted by molar-refractivity contribution is -0.114. The molecule has 0 saturated heterocycles. The fourth-order valence-corrected chi connectivity index (χ4v) is 0.774. The summed E-state index contributed by atoms with van der Waals surface area (Å²) in [6.07, 6.45) is 0. The first-order valence-corrected chi connectivity index (χ1v) is 3.40. The van der Waals surface area contributed by atoms with Gasteiger partial charge in [-0.05, 0) is 13.8 Å². The Bertz CT molecular complexity index is 258. The van der Waals surface area contributed by atoms with Crippen LogP contribution in [0.1, 0.15) is 18.3 Å². The Balaban J connectivity index is 2.81. The van der Waals surface area contributed by atoms with E-state index >= 15 is 0 Å². The van der Waals surface area contributed by atoms with Crippen molar-refractivity contribution in [3.63, 3.8) is 0 Å². The quantitative estimate of drug-likeness (QED) is 0.632. The number of aromatic amines is 1. The van der Waals surface area contributed by atoms with E-state index in [0.717, 1.165) is 11.4 Å². The molecule has 60 valence electrons. The highest BCUT2D eigenvalue weighted by atomic mass is 16.1. The normalized spacial score (nSPS) is 9.73. The van der Waals surface area contributed by atoms with Crippen LogP contribution in [0.2, 0.25) is 0 Å². The zero-order valence-electron chi connectivity index (χ0n) is 6.86. The van der Waals surface area contributed by atoms with Crippen LogP contribution in [0.4, 0.5) is 5.95 Å². The van der Waals surface area contributed by atoms with E-state index in [9.17, 15) is 4.79 Å². The summed E-state index contributed by atoms with van der Waals surface area (Å²) in [7, 11) is 0. The van der Waals surface area contributed by atoms with E-state index in [1.165, 1.54) is 6.92 Å². The van der Waals surface area contributed by atoms with E-state index in [2.05, 4.69) is 15.3 Å². The van der Waals surface area contributed by atoms with Crippen molar-refractivity contribution in [1.29, 1.82) is 0 Å². The molecule has 0 radical (unpaired) electrons. The maximum atomic E-state index is 10.6. The van der Waals surface area contributed by atoms with Gasteiger partial charge in [-0.2, -0.15) is 0 Å². The molecule has 1 aromatic heterocycles. The van der Waals surface area contributed by atoms with E-state index in [4.69, 9.17) is 0 Å². The van der Waals surface area contributed by atoms with Crippen molar-refractivity contribution in [2.75, 3.05) is 5.32 Å². The van der Waals surface area contributed by atoms with Crippen LogP contribution in [0.15, 0.2) is 0 Å². The summed E-state index contributed by atoms with van der Waals surface area (Å²) in [6, 6.07) is 0. The second kappa shape index (κ2) is 2.74. The number of carbonyl (C=O) groups is 1. The number of hydrogen-bond donors (Lipinski definition) is 2. The topological polar surface area (TPSA) is 57.8 Å². The average Bonchev–Trinajstić information content (AvgIpc) is 2.10. The lowest BCUT2D eigenvalue weighted by atomic mass is 10.4. The highest BCUT2D eigenvalue weighted by Crippen LogP contribution is 2.06. The molecule has 4 heteroatoms. The van der Waals surface area contributed by atoms with Gasteiger partial charge in [0.05, 0.1) is 5.69 Å². The lowest BCUT2D eigenvalue weighted by Gasteiger charge is -1.92. The zero-order valence-corrected chi connectivity index (χ0v) is 6.86. The molecule has 0 aliphatic rings. The number of anilines is 1. The summed E-state index contributed by atoms with van der Waals surface area (Å²) >= 11 is 0. The maximum Gasteiger partial charge on any atom is 0.223 e. The molecule has 1 aromatic rings. The molecule has 0 aliphatic heterocycles. The van der Waals surface area contributed by atoms with Crippen LogP contribution in [-0.2, 0) is 4.79 Å². The Morgan fingerprint density at radius 3 is 2.55 bits per heavy atom. The second-order valence-electron chi connectivity index (χ2n) is 2.48. The minimum Gasteiger partial charge on any atom is -0.328 e. The highest BCUT2D eigenvalue weighted by Gasteiger charge is 2.01. The summed E-state index contributed by atoms with van der Waals surface area (Å²) in [4.78, 5) is 17.6. The molecule has 1 rings (SSSR count). The second-order valence-corrected chi connectivity index (χ2v) is 2.48. The molecule has 0 saturated carbocycles. The van der Waals surface area contributed by atoms with Crippen LogP contribution >= 0.6 is 0 Å². The smallest absolute Gasteiger partial charge is 0.223 e. The Morgan fingerprint density at radius 2 is 2.18 bits per heavy atom. The number of H-pyrrole nitrogens is 1. The van der Waals surface area contributed by atoms with E-state index < -0.39 is 0 Å². The van der Waals surface area contributed by atoms with Crippen LogP contribution in [0.25, 0.3) is 0 Å². The molecule has 0 bridgehead atoms. The first-order chi connectivity index (χ1) is 5.09. The largest absolute Gasteiger partial charge is 0.328 e. The van der Waals surface area contributed by atoms with E-state index in [0.29, 0.717) is 5.95 Å². The Kier molecular flexibility index (Phi) is 1.94. The highest BCUT2D eigenvalue weighted by molar-refractivity contribution is 5.86. The summed E-state index contributed by atoms with van der Waals surface area (Å²) in [5.74, 6) is 0.409. The number of nitrogens with one attached hydrogen (secondary N) is 2. The standard InChI is InChI=1S/C7H11N3O/c1-4-5(2)9-7(8-4)10-6(3)11/h1-3H3,(H2,8,9,10,11). The fraction of sp³-hybridized carbons (Fsp3) is 0.429. The van der Waals surface area contributed by atoms with Crippen LogP contribution in [0.3, 0.4) is 0 Å². The predicted molar refractivity (Wildman–Crippen MR) is 42.4 cm³/mol. The Morgan fingerprint density at radius 1 is 1.55 bits per heavy atom. The molecule has 4 nitrogen and oxygen atoms in total. The maximum absolute atomic E-state index is 10.6. The van der Waals surface area contributed by atoms with Crippen molar-refractivity contribution >= 4 is 11.9 Å². The molecule has 1 amide bonds. The van der Waals surface area contributed by atoms with Crippen molar-refractivity contribution in [1.82, 2.24) is 9.97 Å². The molecule has 1 heterocycles. The number of carbonyl (C=O) groups excluding carboxylic acids is 1. The van der Waals surface area contributed by atoms with Crippen molar-refractivity contribution < 1.29 is 4.79 Å². The summed E-state index contributed by atoms with van der Waals surface area (Å²) in [5, 5.41) is 2.56. The first-order valence-electron chi connectivity index (χ1n) is 3.40. The van der Waals surface area contributed by atoms with Crippen molar-refractivity contribution in [3.8, 4) is 0 Å². The third kappa shape index (κ3) is 1.80. The summed E-state index contributed by atoms with van der Waals surface area (Å²) in [6.45, 7) is 5.25. The molecular formula is C7H11N3O. The van der Waals surface area contributed by atoms with Gasteiger partial charge in [-0.1, -0.05) is 0 Å². The van der Waals surface area contributed by atoms with Gasteiger partial charge in [0, 0.05) is 12.6 Å². The van der Waals surface area contributed by atoms with Crippen LogP contribution in [0, 0.1) is 13.8 Å². The van der Waals surface area contributed by atoms with Gasteiger partial charge in [-0.3, -0.25) is 10.1 Å². The van der Waals surface area contributed by atoms with Gasteiger partial charge in [0.2, 0.25) is 11.9 Å². The van der Waals surface area contributed by atoms with Gasteiger partial charge in [0.1, 0.15) is 0 Å². The third-order valence-electron chi connectivity index (χ3n) is 1.42. The van der Waals surface area contributed by atoms with Gasteiger partial charge < -0.3 is 4.98 Å². The molecule has 0 unspecified atom stereocenters. The molecule has 0 spiro atoms. The van der Waals surface area contributed by atoms with E-state index in [1.54, 1.807) is 0 Å². The van der Waals surface area contributed by atoms with Gasteiger partial charge in [-0.15, -0.1) is 0 Å². The number of nitrogens with zero attached hydrogens (tertiary/aromatic N) is 1. The van der Waals surface area contributed by atoms with Gasteiger partial charge in [0.25, 0.3) is 0 Å². The summed E-state index contributed by atoms with van der Waals surface area (Å²) < 4.78 is 0. The predicted octanol–water partition coefficient (Wildman–Crippen LogP) is 0.985. The molecule has 0 atom stereocenters. The van der Waals surface area contributed by atoms with Crippen LogP contribution in [0.5, 0.6) is 0 Å². The van der Waals surface area contributed by atoms with Crippen LogP contribution < -0.4 is 5.32 Å². The molecular weight excluding hydrogens is 142 g/mol. The number of imidazole rings is 1. The number of rotatable bonds is 1. The number of hydrogen-bond acceptors (Lipinski definition) is 2. The molecule has 0 fully saturated rings. The minimum absolute atomic E-state index is 0.112. The lowest BCUT2D eigenvalue weighted by Crippen LogP contribution is -2.06. The van der Waals surface area contributed by atoms with Crippen molar-refractivity contribution in [2.24, 2.45) is 0 Å². The first kappa shape index (κ1) is 7.78. The number of aryl methyl sites for hydroxylation is 2. The molecule has 0 aliphatic carbocycles. The minimum atomic E-state index is -0.112. The summed E-state index contributed by atoms with van der Waals surface area (Å²) in [5.41, 5.74) is 1.89. The SMILES string of the molecule is CC(=O)Nc1nc(C)c(C)[nH]1. The Hall–Kier alpha value is -1.32. The zero-order chi connectivity index (χ0) is 8.43. The average molecular weight is 153 g/mol. The monoisotopic (exact) mass is 153 g/mol. The van der Waals surface area contributed by atoms with Crippen LogP contribution in [-0.4, -0.2) is 15.9 Å². The van der Waals surface area contributed by atoms with Gasteiger partial charge in [0.15, 0.2) is 0 Å². The fourth-order valence-electron chi connectivity index (χ4n) is 0.774.